The van der Waals surface area contributed by atoms with E-state index in [2.05, 4.69) is 25.6 Å². The van der Waals surface area contributed by atoms with Crippen LogP contribution in [0.2, 0.25) is 0 Å². The monoisotopic (exact) mass is 390 g/mol. The Morgan fingerprint density at radius 1 is 1.21 bits per heavy atom. The smallest absolute Gasteiger partial charge is 0.229 e. The number of para-hydroxylation sites is 3. The molecule has 1 atom stereocenters. The molecule has 0 bridgehead atoms. The summed E-state index contributed by atoms with van der Waals surface area (Å²) < 4.78 is 0. The summed E-state index contributed by atoms with van der Waals surface area (Å²) in [5.41, 5.74) is 3.01. The standard InChI is InChI=1S/C22H26N6O/c1-23-22(24-13-7-12-20-26-18-10-5-6-11-19(18)27-20)25-16-14-21(29)28(15-16)17-8-3-2-4-9-17/h2-6,8-11,16H,7,12-15H2,1H3,(H,26,27)(H2,23,24,25). The van der Waals surface area contributed by atoms with Crippen LogP contribution < -0.4 is 15.5 Å². The van der Waals surface area contributed by atoms with Gasteiger partial charge in [0, 0.05) is 38.7 Å². The van der Waals surface area contributed by atoms with Gasteiger partial charge in [-0.1, -0.05) is 30.3 Å². The second kappa shape index (κ2) is 8.77. The van der Waals surface area contributed by atoms with E-state index in [9.17, 15) is 4.79 Å². The van der Waals surface area contributed by atoms with Crippen molar-refractivity contribution in [1.29, 1.82) is 0 Å². The van der Waals surface area contributed by atoms with Crippen molar-refractivity contribution in [3.63, 3.8) is 0 Å². The van der Waals surface area contributed by atoms with Gasteiger partial charge in [-0.25, -0.2) is 4.98 Å². The van der Waals surface area contributed by atoms with E-state index >= 15 is 0 Å². The number of carbonyl (C=O) groups is 1. The van der Waals surface area contributed by atoms with Crippen molar-refractivity contribution in [3.05, 3.63) is 60.4 Å². The number of fused-ring (bicyclic) bond motifs is 1. The van der Waals surface area contributed by atoms with Gasteiger partial charge < -0.3 is 20.5 Å². The molecule has 1 fully saturated rings. The Labute approximate surface area is 170 Å². The molecular weight excluding hydrogens is 364 g/mol. The predicted molar refractivity (Wildman–Crippen MR) is 116 cm³/mol. The summed E-state index contributed by atoms with van der Waals surface area (Å²) in [6.07, 6.45) is 2.26. The van der Waals surface area contributed by atoms with Crippen LogP contribution in [0.15, 0.2) is 59.6 Å². The topological polar surface area (TPSA) is 85.4 Å². The summed E-state index contributed by atoms with van der Waals surface area (Å²) in [7, 11) is 1.75. The van der Waals surface area contributed by atoms with E-state index in [-0.39, 0.29) is 11.9 Å². The molecular formula is C22H26N6O. The zero-order valence-corrected chi connectivity index (χ0v) is 16.6. The van der Waals surface area contributed by atoms with Crippen molar-refractivity contribution in [1.82, 2.24) is 20.6 Å². The first-order chi connectivity index (χ1) is 14.2. The van der Waals surface area contributed by atoms with Crippen molar-refractivity contribution in [2.45, 2.75) is 25.3 Å². The fourth-order valence-corrected chi connectivity index (χ4v) is 3.64. The molecule has 0 spiro atoms. The number of amides is 1. The number of hydrogen-bond acceptors (Lipinski definition) is 3. The molecule has 1 saturated heterocycles. The van der Waals surface area contributed by atoms with Crippen LogP contribution in [-0.2, 0) is 11.2 Å². The van der Waals surface area contributed by atoms with Crippen LogP contribution in [-0.4, -0.2) is 48.0 Å². The first-order valence-corrected chi connectivity index (χ1v) is 9.99. The minimum atomic E-state index is 0.0456. The molecule has 29 heavy (non-hydrogen) atoms. The number of nitrogens with zero attached hydrogens (tertiary/aromatic N) is 3. The summed E-state index contributed by atoms with van der Waals surface area (Å²) in [5, 5.41) is 6.71. The van der Waals surface area contributed by atoms with Crippen molar-refractivity contribution in [2.75, 3.05) is 25.0 Å². The van der Waals surface area contributed by atoms with Crippen molar-refractivity contribution >= 4 is 28.6 Å². The molecule has 1 unspecified atom stereocenters. The average Bonchev–Trinajstić information content (AvgIpc) is 3.33. The van der Waals surface area contributed by atoms with E-state index in [1.165, 1.54) is 0 Å². The number of nitrogens with one attached hydrogen (secondary N) is 3. The zero-order chi connectivity index (χ0) is 20.1. The van der Waals surface area contributed by atoms with Crippen molar-refractivity contribution < 1.29 is 4.79 Å². The molecule has 1 aromatic heterocycles. The molecule has 1 aliphatic rings. The third-order valence-corrected chi connectivity index (χ3v) is 5.08. The van der Waals surface area contributed by atoms with E-state index in [1.807, 2.05) is 59.5 Å². The van der Waals surface area contributed by atoms with Gasteiger partial charge in [0.25, 0.3) is 0 Å². The number of anilines is 1. The van der Waals surface area contributed by atoms with Crippen molar-refractivity contribution in [2.24, 2.45) is 4.99 Å². The van der Waals surface area contributed by atoms with Gasteiger partial charge in [0.05, 0.1) is 17.1 Å². The number of aliphatic imine (C=N–C) groups is 1. The van der Waals surface area contributed by atoms with E-state index in [1.54, 1.807) is 7.05 Å². The predicted octanol–water partition coefficient (Wildman–Crippen LogP) is 2.47. The molecule has 2 aromatic carbocycles. The molecule has 7 nitrogen and oxygen atoms in total. The van der Waals surface area contributed by atoms with E-state index in [4.69, 9.17) is 0 Å². The highest BCUT2D eigenvalue weighted by atomic mass is 16.2. The normalized spacial score (nSPS) is 17.1. The Bertz CT molecular complexity index is 964. The second-order valence-corrected chi connectivity index (χ2v) is 7.19. The van der Waals surface area contributed by atoms with Gasteiger partial charge >= 0.3 is 0 Å². The molecule has 3 aromatic rings. The van der Waals surface area contributed by atoms with Gasteiger partial charge in [0.1, 0.15) is 5.82 Å². The lowest BCUT2D eigenvalue weighted by Crippen LogP contribution is -2.44. The van der Waals surface area contributed by atoms with Gasteiger partial charge in [-0.2, -0.15) is 0 Å². The Morgan fingerprint density at radius 2 is 2.00 bits per heavy atom. The second-order valence-electron chi connectivity index (χ2n) is 7.19. The quantitative estimate of drug-likeness (QED) is 0.343. The lowest BCUT2D eigenvalue weighted by molar-refractivity contribution is -0.117. The maximum atomic E-state index is 12.4. The fraction of sp³-hybridized carbons (Fsp3) is 0.318. The summed E-state index contributed by atoms with van der Waals surface area (Å²) in [6.45, 7) is 1.42. The van der Waals surface area contributed by atoms with Crippen molar-refractivity contribution in [3.8, 4) is 0 Å². The third-order valence-electron chi connectivity index (χ3n) is 5.08. The minimum absolute atomic E-state index is 0.0456. The molecule has 7 heteroatoms. The fourth-order valence-electron chi connectivity index (χ4n) is 3.64. The molecule has 0 saturated carbocycles. The van der Waals surface area contributed by atoms with Gasteiger partial charge in [0.2, 0.25) is 5.91 Å². The molecule has 3 N–H and O–H groups in total. The van der Waals surface area contributed by atoms with E-state index in [0.717, 1.165) is 47.9 Å². The number of imidazole rings is 1. The Hall–Kier alpha value is -3.35. The maximum Gasteiger partial charge on any atom is 0.229 e. The number of guanidine groups is 1. The highest BCUT2D eigenvalue weighted by Gasteiger charge is 2.30. The van der Waals surface area contributed by atoms with Crippen LogP contribution in [0.5, 0.6) is 0 Å². The molecule has 1 aliphatic heterocycles. The lowest BCUT2D eigenvalue weighted by Gasteiger charge is -2.19. The summed E-state index contributed by atoms with van der Waals surface area (Å²) >= 11 is 0. The van der Waals surface area contributed by atoms with Gasteiger partial charge in [-0.05, 0) is 30.7 Å². The van der Waals surface area contributed by atoms with Gasteiger partial charge in [-0.15, -0.1) is 0 Å². The number of aromatic amines is 1. The number of H-pyrrole nitrogens is 1. The third kappa shape index (κ3) is 4.56. The Balaban J connectivity index is 1.24. The number of aromatic nitrogens is 2. The van der Waals surface area contributed by atoms with Crippen LogP contribution in [0.3, 0.4) is 0 Å². The minimum Gasteiger partial charge on any atom is -0.356 e. The number of carbonyl (C=O) groups excluding carboxylic acids is 1. The highest BCUT2D eigenvalue weighted by molar-refractivity contribution is 5.97. The number of rotatable bonds is 6. The van der Waals surface area contributed by atoms with Crippen LogP contribution in [0.4, 0.5) is 5.69 Å². The molecule has 4 rings (SSSR count). The van der Waals surface area contributed by atoms with Gasteiger partial charge in [-0.3, -0.25) is 9.79 Å². The first-order valence-electron chi connectivity index (χ1n) is 9.99. The molecule has 0 radical (unpaired) electrons. The van der Waals surface area contributed by atoms with Crippen LogP contribution >= 0.6 is 0 Å². The molecule has 1 amide bonds. The molecule has 150 valence electrons. The summed E-state index contributed by atoms with van der Waals surface area (Å²) in [5.74, 6) is 1.85. The number of aryl methyl sites for hydroxylation is 1. The van der Waals surface area contributed by atoms with E-state index < -0.39 is 0 Å². The lowest BCUT2D eigenvalue weighted by atomic mass is 10.2. The van der Waals surface area contributed by atoms with Crippen LogP contribution in [0.1, 0.15) is 18.7 Å². The summed E-state index contributed by atoms with van der Waals surface area (Å²) in [4.78, 5) is 26.4. The average molecular weight is 390 g/mol. The highest BCUT2D eigenvalue weighted by Crippen LogP contribution is 2.20. The van der Waals surface area contributed by atoms with Crippen LogP contribution in [0.25, 0.3) is 11.0 Å². The maximum absolute atomic E-state index is 12.4. The largest absolute Gasteiger partial charge is 0.356 e. The number of hydrogen-bond donors (Lipinski definition) is 3. The Morgan fingerprint density at radius 3 is 2.79 bits per heavy atom. The SMILES string of the molecule is CN=C(NCCCc1nc2ccccc2[nH]1)NC1CC(=O)N(c2ccccc2)C1. The summed E-state index contributed by atoms with van der Waals surface area (Å²) in [6, 6.07) is 17.9. The van der Waals surface area contributed by atoms with E-state index in [0.29, 0.717) is 13.0 Å². The molecule has 0 aliphatic carbocycles. The molecule has 2 heterocycles. The van der Waals surface area contributed by atoms with Gasteiger partial charge in [0.15, 0.2) is 5.96 Å². The Kier molecular flexibility index (Phi) is 5.74. The van der Waals surface area contributed by atoms with Crippen LogP contribution in [0, 0.1) is 0 Å². The zero-order valence-electron chi connectivity index (χ0n) is 16.6. The number of benzene rings is 2. The first kappa shape index (κ1) is 19.0.